The lowest BCUT2D eigenvalue weighted by atomic mass is 9.49. The average molecular weight is 540 g/mol. The summed E-state index contributed by atoms with van der Waals surface area (Å²) in [6.45, 7) is 2.53. The lowest BCUT2D eigenvalue weighted by molar-refractivity contribution is -0.212. The Morgan fingerprint density at radius 2 is 1.90 bits per heavy atom. The predicted molar refractivity (Wildman–Crippen MR) is 148 cm³/mol. The number of phenolic OH excluding ortho intramolecular Hbond substituents is 1. The number of likely N-dealkylation sites (tertiary alicyclic amines) is 1. The highest BCUT2D eigenvalue weighted by Gasteiger charge is 2.74. The molecule has 1 saturated heterocycles. The highest BCUT2D eigenvalue weighted by atomic mass is 35.5. The van der Waals surface area contributed by atoms with E-state index in [4.69, 9.17) is 25.5 Å². The largest absolute Gasteiger partial charge is 0.504 e. The summed E-state index contributed by atoms with van der Waals surface area (Å²) < 4.78 is 20.8. The molecular formula is C33H30ClNO4. The molecule has 1 N–H and O–H groups in total. The molecule has 2 aliphatic heterocycles. The Hall–Kier alpha value is -2.99. The van der Waals surface area contributed by atoms with Gasteiger partial charge in [0.1, 0.15) is 16.9 Å². The Morgan fingerprint density at radius 1 is 1.05 bits per heavy atom. The SMILES string of the molecule is Oc1ccc2c3c1O[C@H]1c4oc5ccccc5c4C[C@@]4(OCc5ccccc5Cl)[C@H](C2)N(CC2CC2)CC[C@]314. The normalized spacial score (nSPS) is 30.2. The number of piperidine rings is 1. The predicted octanol–water partition coefficient (Wildman–Crippen LogP) is 6.72. The van der Waals surface area contributed by atoms with Gasteiger partial charge in [0.25, 0.3) is 0 Å². The topological polar surface area (TPSA) is 55.1 Å². The van der Waals surface area contributed by atoms with Crippen molar-refractivity contribution < 1.29 is 19.0 Å². The summed E-state index contributed by atoms with van der Waals surface area (Å²) in [6.07, 6.45) is 4.79. The van der Waals surface area contributed by atoms with E-state index in [1.54, 1.807) is 6.07 Å². The van der Waals surface area contributed by atoms with Gasteiger partial charge in [-0.1, -0.05) is 54.1 Å². The second-order valence-electron chi connectivity index (χ2n) is 12.2. The number of para-hydroxylation sites is 1. The van der Waals surface area contributed by atoms with Crippen LogP contribution in [0, 0.1) is 5.92 Å². The van der Waals surface area contributed by atoms with Crippen LogP contribution in [0.4, 0.5) is 0 Å². The first-order valence-electron chi connectivity index (χ1n) is 14.2. The van der Waals surface area contributed by atoms with Gasteiger partial charge >= 0.3 is 0 Å². The third-order valence-corrected chi connectivity index (χ3v) is 10.7. The number of ether oxygens (including phenoxy) is 2. The highest BCUT2D eigenvalue weighted by molar-refractivity contribution is 6.31. The first-order valence-corrected chi connectivity index (χ1v) is 14.6. The molecule has 5 nitrogen and oxygen atoms in total. The number of benzene rings is 3. The summed E-state index contributed by atoms with van der Waals surface area (Å²) in [5, 5.41) is 12.9. The molecule has 3 aromatic carbocycles. The molecule has 0 radical (unpaired) electrons. The first-order chi connectivity index (χ1) is 19.1. The number of phenols is 1. The molecule has 198 valence electrons. The molecule has 4 atom stereocenters. The second-order valence-corrected chi connectivity index (χ2v) is 12.6. The van der Waals surface area contributed by atoms with Gasteiger partial charge in [0.15, 0.2) is 17.6 Å². The van der Waals surface area contributed by atoms with E-state index < -0.39 is 11.0 Å². The molecule has 3 heterocycles. The van der Waals surface area contributed by atoms with Crippen molar-refractivity contribution in [2.75, 3.05) is 13.1 Å². The van der Waals surface area contributed by atoms with Crippen molar-refractivity contribution in [3.05, 3.63) is 93.7 Å². The van der Waals surface area contributed by atoms with Crippen molar-refractivity contribution in [1.29, 1.82) is 0 Å². The Morgan fingerprint density at radius 3 is 2.77 bits per heavy atom. The van der Waals surface area contributed by atoms with Gasteiger partial charge in [-0.15, -0.1) is 0 Å². The monoisotopic (exact) mass is 539 g/mol. The van der Waals surface area contributed by atoms with Crippen LogP contribution in [0.5, 0.6) is 11.5 Å². The number of furan rings is 1. The van der Waals surface area contributed by atoms with E-state index in [2.05, 4.69) is 29.2 Å². The zero-order valence-corrected chi connectivity index (χ0v) is 22.4. The standard InChI is InChI=1S/C33H30ClNO4/c34-24-7-3-1-5-21(24)18-37-33-16-23-22-6-2-4-8-26(22)38-29(23)31-32(33)13-14-35(17-19-9-10-19)27(33)15-20-11-12-25(36)30(39-31)28(20)32/h1-8,11-12,19,27,31,36H,9-10,13-18H2/t27-,31-,32-,33+/m0/s1. The summed E-state index contributed by atoms with van der Waals surface area (Å²) in [4.78, 5) is 2.72. The summed E-state index contributed by atoms with van der Waals surface area (Å²) >= 11 is 6.66. The van der Waals surface area contributed by atoms with Gasteiger partial charge < -0.3 is 19.0 Å². The summed E-state index contributed by atoms with van der Waals surface area (Å²) in [6, 6.07) is 20.4. The maximum Gasteiger partial charge on any atom is 0.169 e. The zero-order chi connectivity index (χ0) is 25.9. The third-order valence-electron chi connectivity index (χ3n) is 10.3. The van der Waals surface area contributed by atoms with Crippen molar-refractivity contribution in [3.63, 3.8) is 0 Å². The van der Waals surface area contributed by atoms with Crippen LogP contribution in [0.2, 0.25) is 5.02 Å². The Bertz CT molecular complexity index is 1660. The minimum atomic E-state index is -0.560. The fourth-order valence-corrected chi connectivity index (χ4v) is 8.68. The average Bonchev–Trinajstić information content (AvgIpc) is 3.59. The molecule has 1 aromatic heterocycles. The van der Waals surface area contributed by atoms with E-state index in [0.29, 0.717) is 12.4 Å². The Labute approximate surface area is 232 Å². The number of fused-ring (bicyclic) bond motifs is 4. The fourth-order valence-electron chi connectivity index (χ4n) is 8.49. The third kappa shape index (κ3) is 2.88. The Balaban J connectivity index is 1.31. The fraction of sp³-hybridized carbons (Fsp3) is 0.394. The molecule has 39 heavy (non-hydrogen) atoms. The Kier molecular flexibility index (Phi) is 4.56. The molecule has 1 saturated carbocycles. The molecule has 2 fully saturated rings. The minimum absolute atomic E-state index is 0.185. The van der Waals surface area contributed by atoms with Crippen LogP contribution in [-0.4, -0.2) is 34.7 Å². The maximum absolute atomic E-state index is 11.1. The van der Waals surface area contributed by atoms with E-state index in [1.807, 2.05) is 30.3 Å². The molecule has 6 heteroatoms. The zero-order valence-electron chi connectivity index (χ0n) is 21.7. The van der Waals surface area contributed by atoms with Crippen molar-refractivity contribution in [3.8, 4) is 11.5 Å². The van der Waals surface area contributed by atoms with E-state index in [1.165, 1.54) is 24.0 Å². The molecule has 1 spiro atoms. The van der Waals surface area contributed by atoms with E-state index in [-0.39, 0.29) is 17.9 Å². The highest BCUT2D eigenvalue weighted by Crippen LogP contribution is 2.70. The number of hydrogen-bond donors (Lipinski definition) is 1. The van der Waals surface area contributed by atoms with E-state index >= 15 is 0 Å². The summed E-state index contributed by atoms with van der Waals surface area (Å²) in [5.41, 5.74) is 4.45. The van der Waals surface area contributed by atoms with E-state index in [9.17, 15) is 5.11 Å². The maximum atomic E-state index is 11.1. The molecule has 0 amide bonds. The van der Waals surface area contributed by atoms with Crippen LogP contribution >= 0.6 is 11.6 Å². The molecule has 4 aromatic rings. The van der Waals surface area contributed by atoms with Gasteiger partial charge in [-0.2, -0.15) is 0 Å². The van der Waals surface area contributed by atoms with Crippen LogP contribution in [-0.2, 0) is 29.6 Å². The van der Waals surface area contributed by atoms with Gasteiger partial charge in [-0.25, -0.2) is 0 Å². The van der Waals surface area contributed by atoms with Gasteiger partial charge in [-0.05, 0) is 67.5 Å². The molecule has 3 aliphatic carbocycles. The molecule has 5 aliphatic rings. The number of aromatic hydroxyl groups is 1. The summed E-state index contributed by atoms with van der Waals surface area (Å²) in [5.74, 6) is 2.49. The number of halogens is 1. The van der Waals surface area contributed by atoms with Crippen molar-refractivity contribution in [2.45, 2.75) is 61.9 Å². The van der Waals surface area contributed by atoms with Crippen LogP contribution in [0.3, 0.4) is 0 Å². The molecule has 9 rings (SSSR count). The quantitative estimate of drug-likeness (QED) is 0.305. The minimum Gasteiger partial charge on any atom is -0.504 e. The van der Waals surface area contributed by atoms with Crippen molar-refractivity contribution in [2.24, 2.45) is 5.92 Å². The number of nitrogens with zero attached hydrogens (tertiary/aromatic N) is 1. The first kappa shape index (κ1) is 22.8. The van der Waals surface area contributed by atoms with Crippen molar-refractivity contribution in [1.82, 2.24) is 4.90 Å². The van der Waals surface area contributed by atoms with Gasteiger partial charge in [0.05, 0.1) is 12.0 Å². The lowest BCUT2D eigenvalue weighted by Gasteiger charge is -2.64. The van der Waals surface area contributed by atoms with Crippen molar-refractivity contribution >= 4 is 22.6 Å². The smallest absolute Gasteiger partial charge is 0.169 e. The van der Waals surface area contributed by atoms with Gasteiger partial charge in [-0.3, -0.25) is 4.90 Å². The number of hydrogen-bond acceptors (Lipinski definition) is 5. The molecule has 2 bridgehead atoms. The van der Waals surface area contributed by atoms with Gasteiger partial charge in [0.2, 0.25) is 0 Å². The number of rotatable bonds is 5. The molecule has 0 unspecified atom stereocenters. The summed E-state index contributed by atoms with van der Waals surface area (Å²) in [7, 11) is 0. The molecular weight excluding hydrogens is 510 g/mol. The second kappa shape index (κ2) is 7.81. The van der Waals surface area contributed by atoms with Crippen LogP contribution in [0.25, 0.3) is 11.0 Å². The lowest BCUT2D eigenvalue weighted by Crippen LogP contribution is -2.75. The van der Waals surface area contributed by atoms with Crippen LogP contribution in [0.15, 0.2) is 65.1 Å². The van der Waals surface area contributed by atoms with Crippen LogP contribution in [0.1, 0.15) is 53.4 Å². The van der Waals surface area contributed by atoms with Crippen LogP contribution < -0.4 is 4.74 Å². The van der Waals surface area contributed by atoms with Gasteiger partial charge in [0, 0.05) is 40.5 Å². The van der Waals surface area contributed by atoms with E-state index in [0.717, 1.165) is 71.1 Å².